The van der Waals surface area contributed by atoms with Crippen molar-refractivity contribution in [2.45, 2.75) is 27.4 Å². The maximum absolute atomic E-state index is 12.9. The second-order valence-corrected chi connectivity index (χ2v) is 7.44. The summed E-state index contributed by atoms with van der Waals surface area (Å²) in [7, 11) is 1.59. The summed E-state index contributed by atoms with van der Waals surface area (Å²) in [4.78, 5) is 12.9. The molecule has 5 heteroatoms. The molecule has 0 bridgehead atoms. The van der Waals surface area contributed by atoms with Crippen LogP contribution in [0, 0.1) is 20.8 Å². The number of hydrogen-bond donors (Lipinski definition) is 1. The number of ether oxygens (including phenoxy) is 2. The number of anilines is 1. The molecule has 0 fully saturated rings. The van der Waals surface area contributed by atoms with Crippen LogP contribution in [0.15, 0.2) is 54.6 Å². The summed E-state index contributed by atoms with van der Waals surface area (Å²) in [5.41, 5.74) is 5.39. The molecule has 0 spiro atoms. The third-order valence-electron chi connectivity index (χ3n) is 4.65. The highest BCUT2D eigenvalue weighted by molar-refractivity contribution is 6.30. The van der Waals surface area contributed by atoms with E-state index in [9.17, 15) is 4.79 Å². The zero-order valence-electron chi connectivity index (χ0n) is 17.0. The molecule has 3 aromatic rings. The molecule has 0 aliphatic carbocycles. The van der Waals surface area contributed by atoms with Gasteiger partial charge in [-0.15, -0.1) is 0 Å². The Balaban J connectivity index is 1.81. The number of methoxy groups -OCH3 is 1. The lowest BCUT2D eigenvalue weighted by Crippen LogP contribution is -2.14. The molecule has 0 saturated carbocycles. The highest BCUT2D eigenvalue weighted by atomic mass is 35.5. The smallest absolute Gasteiger partial charge is 0.255 e. The Morgan fingerprint density at radius 3 is 2.38 bits per heavy atom. The van der Waals surface area contributed by atoms with Crippen LogP contribution >= 0.6 is 11.6 Å². The number of carbonyl (C=O) groups is 1. The Bertz CT molecular complexity index is 1020. The van der Waals surface area contributed by atoms with Gasteiger partial charge in [-0.25, -0.2) is 0 Å². The van der Waals surface area contributed by atoms with Gasteiger partial charge in [0.05, 0.1) is 7.11 Å². The second kappa shape index (κ2) is 9.01. The van der Waals surface area contributed by atoms with E-state index < -0.39 is 0 Å². The minimum Gasteiger partial charge on any atom is -0.496 e. The van der Waals surface area contributed by atoms with Crippen molar-refractivity contribution in [1.82, 2.24) is 0 Å². The molecule has 0 radical (unpaired) electrons. The standard InChI is InChI=1S/C24H24ClNO3/c1-15-10-16(2)23(17(3)11-15)26-24(27)18-8-9-22(28-4)19(12-18)14-29-21-7-5-6-20(25)13-21/h5-13H,14H2,1-4H3,(H,26,27). The van der Waals surface area contributed by atoms with E-state index in [0.717, 1.165) is 22.4 Å². The number of hydrogen-bond acceptors (Lipinski definition) is 3. The molecule has 3 rings (SSSR count). The molecule has 3 aromatic carbocycles. The van der Waals surface area contributed by atoms with Gasteiger partial charge in [0.1, 0.15) is 18.1 Å². The van der Waals surface area contributed by atoms with E-state index in [2.05, 4.69) is 17.4 Å². The van der Waals surface area contributed by atoms with Crippen LogP contribution in [-0.2, 0) is 6.61 Å². The molecule has 150 valence electrons. The lowest BCUT2D eigenvalue weighted by molar-refractivity contribution is 0.102. The third kappa shape index (κ3) is 5.09. The van der Waals surface area contributed by atoms with Gasteiger partial charge in [-0.2, -0.15) is 0 Å². The molecule has 0 saturated heterocycles. The zero-order chi connectivity index (χ0) is 21.0. The largest absolute Gasteiger partial charge is 0.496 e. The fraction of sp³-hybridized carbons (Fsp3) is 0.208. The van der Waals surface area contributed by atoms with Gasteiger partial charge >= 0.3 is 0 Å². The summed E-state index contributed by atoms with van der Waals surface area (Å²) >= 11 is 6.01. The van der Waals surface area contributed by atoms with E-state index >= 15 is 0 Å². The predicted octanol–water partition coefficient (Wildman–Crippen LogP) is 6.11. The average molecular weight is 410 g/mol. The molecule has 0 heterocycles. The predicted molar refractivity (Wildman–Crippen MR) is 117 cm³/mol. The van der Waals surface area contributed by atoms with Crippen molar-refractivity contribution < 1.29 is 14.3 Å². The normalized spacial score (nSPS) is 10.5. The molecule has 0 atom stereocenters. The van der Waals surface area contributed by atoms with Crippen molar-refractivity contribution in [2.24, 2.45) is 0 Å². The number of halogens is 1. The van der Waals surface area contributed by atoms with Gasteiger partial charge < -0.3 is 14.8 Å². The Morgan fingerprint density at radius 1 is 1.00 bits per heavy atom. The van der Waals surface area contributed by atoms with Gasteiger partial charge in [0.2, 0.25) is 0 Å². The third-order valence-corrected chi connectivity index (χ3v) is 4.88. The summed E-state index contributed by atoms with van der Waals surface area (Å²) in [6.07, 6.45) is 0. The van der Waals surface area contributed by atoms with Gasteiger partial charge in [0.15, 0.2) is 0 Å². The zero-order valence-corrected chi connectivity index (χ0v) is 17.8. The van der Waals surface area contributed by atoms with E-state index in [4.69, 9.17) is 21.1 Å². The monoisotopic (exact) mass is 409 g/mol. The van der Waals surface area contributed by atoms with Crippen LogP contribution in [-0.4, -0.2) is 13.0 Å². The Hall–Kier alpha value is -2.98. The van der Waals surface area contributed by atoms with Crippen molar-refractivity contribution in [1.29, 1.82) is 0 Å². The van der Waals surface area contributed by atoms with E-state index in [1.165, 1.54) is 5.56 Å². The molecular formula is C24H24ClNO3. The lowest BCUT2D eigenvalue weighted by atomic mass is 10.0. The molecule has 1 amide bonds. The van der Waals surface area contributed by atoms with Crippen molar-refractivity contribution in [3.8, 4) is 11.5 Å². The van der Waals surface area contributed by atoms with Crippen LogP contribution in [0.5, 0.6) is 11.5 Å². The summed E-state index contributed by atoms with van der Waals surface area (Å²) in [6, 6.07) is 16.6. The molecular weight excluding hydrogens is 386 g/mol. The van der Waals surface area contributed by atoms with Gasteiger partial charge in [-0.1, -0.05) is 35.4 Å². The minimum absolute atomic E-state index is 0.174. The van der Waals surface area contributed by atoms with Crippen LogP contribution in [0.2, 0.25) is 5.02 Å². The Kier molecular flexibility index (Phi) is 6.45. The molecule has 0 aliphatic rings. The number of aryl methyl sites for hydroxylation is 3. The first-order chi connectivity index (χ1) is 13.9. The van der Waals surface area contributed by atoms with Gasteiger partial charge in [-0.05, 0) is 68.3 Å². The Labute approximate surface area is 176 Å². The van der Waals surface area contributed by atoms with Crippen LogP contribution in [0.1, 0.15) is 32.6 Å². The van der Waals surface area contributed by atoms with Gasteiger partial charge in [-0.3, -0.25) is 4.79 Å². The first-order valence-corrected chi connectivity index (χ1v) is 9.69. The molecule has 29 heavy (non-hydrogen) atoms. The highest BCUT2D eigenvalue weighted by Crippen LogP contribution is 2.26. The van der Waals surface area contributed by atoms with Crippen LogP contribution in [0.25, 0.3) is 0 Å². The molecule has 1 N–H and O–H groups in total. The minimum atomic E-state index is -0.174. The summed E-state index contributed by atoms with van der Waals surface area (Å²) in [5.74, 6) is 1.14. The Morgan fingerprint density at radius 2 is 1.72 bits per heavy atom. The van der Waals surface area contributed by atoms with Crippen LogP contribution in [0.3, 0.4) is 0 Å². The maximum Gasteiger partial charge on any atom is 0.255 e. The van der Waals surface area contributed by atoms with Gasteiger partial charge in [0, 0.05) is 21.8 Å². The summed E-state index contributed by atoms with van der Waals surface area (Å²) in [6.45, 7) is 6.29. The number of nitrogens with one attached hydrogen (secondary N) is 1. The lowest BCUT2D eigenvalue weighted by Gasteiger charge is -2.15. The molecule has 0 aliphatic heterocycles. The first-order valence-electron chi connectivity index (χ1n) is 9.32. The summed E-state index contributed by atoms with van der Waals surface area (Å²) < 4.78 is 11.2. The van der Waals surface area contributed by atoms with E-state index in [1.807, 2.05) is 32.9 Å². The van der Waals surface area contributed by atoms with E-state index in [1.54, 1.807) is 37.4 Å². The fourth-order valence-corrected chi connectivity index (χ4v) is 3.49. The number of amides is 1. The first kappa shape index (κ1) is 20.7. The van der Waals surface area contributed by atoms with E-state index in [0.29, 0.717) is 22.1 Å². The second-order valence-electron chi connectivity index (χ2n) is 7.00. The van der Waals surface area contributed by atoms with Crippen molar-refractivity contribution >= 4 is 23.2 Å². The molecule has 0 aromatic heterocycles. The average Bonchev–Trinajstić information content (AvgIpc) is 2.68. The van der Waals surface area contributed by atoms with Gasteiger partial charge in [0.25, 0.3) is 5.91 Å². The number of benzene rings is 3. The van der Waals surface area contributed by atoms with Crippen molar-refractivity contribution in [3.05, 3.63) is 87.4 Å². The highest BCUT2D eigenvalue weighted by Gasteiger charge is 2.14. The quantitative estimate of drug-likeness (QED) is 0.534. The fourth-order valence-electron chi connectivity index (χ4n) is 3.31. The molecule has 0 unspecified atom stereocenters. The topological polar surface area (TPSA) is 47.6 Å². The summed E-state index contributed by atoms with van der Waals surface area (Å²) in [5, 5.41) is 3.63. The SMILES string of the molecule is COc1ccc(C(=O)Nc2c(C)cc(C)cc2C)cc1COc1cccc(Cl)c1. The van der Waals surface area contributed by atoms with Crippen LogP contribution in [0.4, 0.5) is 5.69 Å². The van der Waals surface area contributed by atoms with Crippen LogP contribution < -0.4 is 14.8 Å². The van der Waals surface area contributed by atoms with E-state index in [-0.39, 0.29) is 12.5 Å². The maximum atomic E-state index is 12.9. The van der Waals surface area contributed by atoms with Crippen molar-refractivity contribution in [2.75, 3.05) is 12.4 Å². The number of rotatable bonds is 6. The molecule has 4 nitrogen and oxygen atoms in total. The number of carbonyl (C=O) groups excluding carboxylic acids is 1. The van der Waals surface area contributed by atoms with Crippen molar-refractivity contribution in [3.63, 3.8) is 0 Å².